The van der Waals surface area contributed by atoms with E-state index in [0.717, 1.165) is 22.3 Å². The van der Waals surface area contributed by atoms with Gasteiger partial charge in [0.25, 0.3) is 0 Å². The van der Waals surface area contributed by atoms with Gasteiger partial charge in [0.15, 0.2) is 0 Å². The first-order valence-corrected chi connectivity index (χ1v) is 9.34. The molecule has 0 aliphatic carbocycles. The fraction of sp³-hybridized carbons (Fsp3) is 0.263. The Labute approximate surface area is 147 Å². The molecule has 132 valence electrons. The summed E-state index contributed by atoms with van der Waals surface area (Å²) in [5.41, 5.74) is 3.17. The molecular weight excluding hydrogens is 339 g/mol. The Morgan fingerprint density at radius 2 is 1.72 bits per heavy atom. The molecule has 0 spiro atoms. The normalized spacial score (nSPS) is 13.2. The molecule has 5 nitrogen and oxygen atoms in total. The zero-order chi connectivity index (χ0) is 18.3. The van der Waals surface area contributed by atoms with Crippen molar-refractivity contribution in [2.24, 2.45) is 0 Å². The van der Waals surface area contributed by atoms with Gasteiger partial charge >= 0.3 is 7.82 Å². The molecule has 2 aromatic carbocycles. The number of aliphatic hydroxyl groups is 1. The molecule has 2 aromatic rings. The highest BCUT2D eigenvalue weighted by Gasteiger charge is 2.22. The summed E-state index contributed by atoms with van der Waals surface area (Å²) < 4.78 is 21.6. The monoisotopic (exact) mass is 360 g/mol. The van der Waals surface area contributed by atoms with Crippen LogP contribution in [0, 0.1) is 11.8 Å². The molecular formula is C19H21O5P. The van der Waals surface area contributed by atoms with Gasteiger partial charge in [0.05, 0.1) is 19.3 Å². The molecule has 0 saturated carbocycles. The van der Waals surface area contributed by atoms with Gasteiger partial charge in [-0.15, -0.1) is 0 Å². The lowest BCUT2D eigenvalue weighted by Gasteiger charge is -2.14. The van der Waals surface area contributed by atoms with E-state index in [1.807, 2.05) is 36.4 Å². The Morgan fingerprint density at radius 1 is 1.04 bits per heavy atom. The highest BCUT2D eigenvalue weighted by molar-refractivity contribution is 7.47. The first kappa shape index (κ1) is 19.4. The van der Waals surface area contributed by atoms with Crippen LogP contribution in [0.2, 0.25) is 0 Å². The summed E-state index contributed by atoms with van der Waals surface area (Å²) in [7, 11) is -4.06. The predicted molar refractivity (Wildman–Crippen MR) is 95.6 cm³/mol. The molecule has 0 bridgehead atoms. The molecule has 2 rings (SSSR count). The van der Waals surface area contributed by atoms with Crippen LogP contribution in [0.5, 0.6) is 0 Å². The first-order valence-electron chi connectivity index (χ1n) is 7.84. The van der Waals surface area contributed by atoms with Crippen LogP contribution in [-0.2, 0) is 26.8 Å². The van der Waals surface area contributed by atoms with E-state index in [1.165, 1.54) is 0 Å². The molecule has 6 heteroatoms. The van der Waals surface area contributed by atoms with Gasteiger partial charge in [-0.3, -0.25) is 9.05 Å². The zero-order valence-electron chi connectivity index (χ0n) is 14.2. The predicted octanol–water partition coefficient (Wildman–Crippen LogP) is 3.62. The Morgan fingerprint density at radius 3 is 2.36 bits per heavy atom. The molecule has 0 fully saturated rings. The van der Waals surface area contributed by atoms with Gasteiger partial charge in [0.2, 0.25) is 0 Å². The summed E-state index contributed by atoms with van der Waals surface area (Å²) >= 11 is 0. The molecule has 0 heterocycles. The molecule has 0 amide bonds. The van der Waals surface area contributed by atoms with Gasteiger partial charge < -0.3 is 10.00 Å². The van der Waals surface area contributed by atoms with E-state index in [4.69, 9.17) is 14.2 Å². The zero-order valence-corrected chi connectivity index (χ0v) is 15.1. The third-order valence-electron chi connectivity index (χ3n) is 3.15. The van der Waals surface area contributed by atoms with Crippen molar-refractivity contribution >= 4 is 7.82 Å². The van der Waals surface area contributed by atoms with Gasteiger partial charge in [-0.1, -0.05) is 36.1 Å². The quantitative estimate of drug-likeness (QED) is 0.608. The fourth-order valence-electron chi connectivity index (χ4n) is 2.03. The smallest absolute Gasteiger partial charge is 0.392 e. The molecule has 0 aliphatic rings. The standard InChI is InChI=1S/C19H21O5P/c1-15(2)24-25(21,22)23-14-19-5-3-4-17(12-19)9-6-16-7-10-18(13-20)11-8-16/h3-5,7-8,10-12,15,20H,13-14H2,1-2H3,(H,21,22). The van der Waals surface area contributed by atoms with E-state index in [9.17, 15) is 9.46 Å². The molecule has 2 N–H and O–H groups in total. The van der Waals surface area contributed by atoms with Crippen molar-refractivity contribution in [1.82, 2.24) is 0 Å². The van der Waals surface area contributed by atoms with Crippen molar-refractivity contribution in [3.63, 3.8) is 0 Å². The first-order chi connectivity index (χ1) is 11.9. The van der Waals surface area contributed by atoms with Crippen molar-refractivity contribution in [1.29, 1.82) is 0 Å². The van der Waals surface area contributed by atoms with Crippen LogP contribution in [0.15, 0.2) is 48.5 Å². The summed E-state index contributed by atoms with van der Waals surface area (Å²) in [5.74, 6) is 6.07. The number of aliphatic hydroxyl groups excluding tert-OH is 1. The number of hydrogen-bond acceptors (Lipinski definition) is 4. The summed E-state index contributed by atoms with van der Waals surface area (Å²) in [6.07, 6.45) is -0.398. The third kappa shape index (κ3) is 6.83. The van der Waals surface area contributed by atoms with Crippen LogP contribution in [0.3, 0.4) is 0 Å². The van der Waals surface area contributed by atoms with E-state index in [-0.39, 0.29) is 13.2 Å². The summed E-state index contributed by atoms with van der Waals surface area (Å²) in [6, 6.07) is 14.6. The Kier molecular flexibility index (Phi) is 6.95. The Bertz CT molecular complexity index is 803. The van der Waals surface area contributed by atoms with Crippen molar-refractivity contribution in [2.75, 3.05) is 0 Å². The average Bonchev–Trinajstić information content (AvgIpc) is 2.58. The number of rotatable bonds is 6. The minimum Gasteiger partial charge on any atom is -0.392 e. The molecule has 1 unspecified atom stereocenters. The molecule has 0 radical (unpaired) electrons. The third-order valence-corrected chi connectivity index (χ3v) is 4.30. The molecule has 25 heavy (non-hydrogen) atoms. The van der Waals surface area contributed by atoms with Crippen molar-refractivity contribution in [3.05, 3.63) is 70.8 Å². The molecule has 0 saturated heterocycles. The van der Waals surface area contributed by atoms with Gasteiger partial charge in [-0.2, -0.15) is 0 Å². The number of hydrogen-bond donors (Lipinski definition) is 2. The van der Waals surface area contributed by atoms with Crippen LogP contribution < -0.4 is 0 Å². The van der Waals surface area contributed by atoms with E-state index in [1.54, 1.807) is 26.0 Å². The minimum atomic E-state index is -4.06. The molecule has 1 atom stereocenters. The van der Waals surface area contributed by atoms with E-state index >= 15 is 0 Å². The van der Waals surface area contributed by atoms with Crippen LogP contribution in [-0.4, -0.2) is 16.1 Å². The Hall–Kier alpha value is -1.93. The maximum absolute atomic E-state index is 11.7. The van der Waals surface area contributed by atoms with Gasteiger partial charge in [-0.25, -0.2) is 4.57 Å². The van der Waals surface area contributed by atoms with Gasteiger partial charge in [0, 0.05) is 11.1 Å². The number of phosphoric ester groups is 1. The van der Waals surface area contributed by atoms with E-state index in [0.29, 0.717) is 0 Å². The fourth-order valence-corrected chi connectivity index (χ4v) is 2.94. The highest BCUT2D eigenvalue weighted by atomic mass is 31.2. The van der Waals surface area contributed by atoms with Gasteiger partial charge in [-0.05, 0) is 49.2 Å². The molecule has 0 aromatic heterocycles. The SMILES string of the molecule is CC(C)OP(=O)(O)OCc1cccc(C#Cc2ccc(CO)cc2)c1. The van der Waals surface area contributed by atoms with E-state index < -0.39 is 13.9 Å². The van der Waals surface area contributed by atoms with Gasteiger partial charge in [0.1, 0.15) is 0 Å². The van der Waals surface area contributed by atoms with Crippen molar-refractivity contribution in [2.45, 2.75) is 33.2 Å². The second-order valence-electron chi connectivity index (χ2n) is 5.70. The number of benzene rings is 2. The maximum Gasteiger partial charge on any atom is 0.472 e. The van der Waals surface area contributed by atoms with Crippen molar-refractivity contribution in [3.8, 4) is 11.8 Å². The lowest BCUT2D eigenvalue weighted by molar-refractivity contribution is 0.116. The van der Waals surface area contributed by atoms with Crippen LogP contribution in [0.1, 0.15) is 36.1 Å². The minimum absolute atomic E-state index is 0.00495. The number of phosphoric acid groups is 1. The van der Waals surface area contributed by atoms with Crippen molar-refractivity contribution < 1.29 is 23.6 Å². The maximum atomic E-state index is 11.7. The molecule has 0 aliphatic heterocycles. The second-order valence-corrected chi connectivity index (χ2v) is 7.11. The highest BCUT2D eigenvalue weighted by Crippen LogP contribution is 2.45. The van der Waals surface area contributed by atoms with E-state index in [2.05, 4.69) is 11.8 Å². The topological polar surface area (TPSA) is 76.0 Å². The lowest BCUT2D eigenvalue weighted by Crippen LogP contribution is -2.03. The summed E-state index contributed by atoms with van der Waals surface area (Å²) in [6.45, 7) is 3.29. The Balaban J connectivity index is 2.04. The lowest BCUT2D eigenvalue weighted by atomic mass is 10.1. The summed E-state index contributed by atoms with van der Waals surface area (Å²) in [4.78, 5) is 9.58. The average molecular weight is 360 g/mol. The second kappa shape index (κ2) is 8.96. The largest absolute Gasteiger partial charge is 0.472 e. The summed E-state index contributed by atoms with van der Waals surface area (Å²) in [5, 5.41) is 9.03. The van der Waals surface area contributed by atoms with Crippen LogP contribution in [0.25, 0.3) is 0 Å². The van der Waals surface area contributed by atoms with Crippen LogP contribution >= 0.6 is 7.82 Å². The van der Waals surface area contributed by atoms with Crippen LogP contribution in [0.4, 0.5) is 0 Å².